The maximum Gasteiger partial charge on any atom is 0.108 e. The van der Waals surface area contributed by atoms with Crippen molar-refractivity contribution in [1.29, 1.82) is 0 Å². The average Bonchev–Trinajstić information content (AvgIpc) is 2.62. The predicted molar refractivity (Wildman–Crippen MR) is 98.8 cm³/mol. The van der Waals surface area contributed by atoms with Gasteiger partial charge >= 0.3 is 0 Å². The maximum atomic E-state index is 6.29. The van der Waals surface area contributed by atoms with E-state index in [1.165, 1.54) is 11.3 Å². The Hall–Kier alpha value is -1.84. The molecule has 1 N–H and O–H groups in total. The number of fused-ring (bicyclic) bond motifs is 1. The zero-order valence-corrected chi connectivity index (χ0v) is 14.4. The molecular weight excluding hydrogens is 320 g/mol. The van der Waals surface area contributed by atoms with Crippen LogP contribution in [0.15, 0.2) is 53.5 Å². The second-order valence-corrected chi connectivity index (χ2v) is 7.02. The van der Waals surface area contributed by atoms with Crippen molar-refractivity contribution < 1.29 is 4.74 Å². The Balaban J connectivity index is 1.68. The molecule has 4 heteroatoms. The number of hydrogen-bond donors (Lipinski definition) is 1. The molecule has 1 fully saturated rings. The van der Waals surface area contributed by atoms with Crippen LogP contribution in [-0.2, 0) is 17.7 Å². The molecule has 1 saturated heterocycles. The largest absolute Gasteiger partial charge is 0.381 e. The molecule has 2 aliphatic heterocycles. The standard InChI is InChI=1S/C20H21ClN2O/c21-17-7-3-1-6-16(17)14-22-19-20(9-11-24-12-10-20)13-15-5-2-4-8-18(15)23-19/h1-8H,9-14H2,(H,22,23). The second kappa shape index (κ2) is 6.58. The highest BCUT2D eigenvalue weighted by Crippen LogP contribution is 2.41. The molecule has 2 heterocycles. The van der Waals surface area contributed by atoms with Crippen molar-refractivity contribution in [3.8, 4) is 0 Å². The summed E-state index contributed by atoms with van der Waals surface area (Å²) in [7, 11) is 0. The Morgan fingerprint density at radius 3 is 2.62 bits per heavy atom. The van der Waals surface area contributed by atoms with Gasteiger partial charge in [-0.15, -0.1) is 0 Å². The van der Waals surface area contributed by atoms with E-state index in [0.717, 1.165) is 48.9 Å². The Morgan fingerprint density at radius 1 is 1.04 bits per heavy atom. The van der Waals surface area contributed by atoms with Gasteiger partial charge in [0.05, 0.1) is 6.54 Å². The molecule has 0 amide bonds. The van der Waals surface area contributed by atoms with Gasteiger partial charge in [0.25, 0.3) is 0 Å². The van der Waals surface area contributed by atoms with E-state index in [-0.39, 0.29) is 5.41 Å². The van der Waals surface area contributed by atoms with Gasteiger partial charge in [0.1, 0.15) is 5.84 Å². The quantitative estimate of drug-likeness (QED) is 0.859. The first-order valence-corrected chi connectivity index (χ1v) is 8.86. The number of para-hydroxylation sites is 1. The van der Waals surface area contributed by atoms with Crippen molar-refractivity contribution in [2.75, 3.05) is 18.5 Å². The average molecular weight is 341 g/mol. The number of nitrogens with zero attached hydrogens (tertiary/aromatic N) is 1. The lowest BCUT2D eigenvalue weighted by Gasteiger charge is -2.42. The summed E-state index contributed by atoms with van der Waals surface area (Å²) in [6.07, 6.45) is 3.05. The van der Waals surface area contributed by atoms with E-state index in [4.69, 9.17) is 21.3 Å². The minimum Gasteiger partial charge on any atom is -0.381 e. The predicted octanol–water partition coefficient (Wildman–Crippen LogP) is 4.70. The number of rotatable bonds is 2. The highest BCUT2D eigenvalue weighted by atomic mass is 35.5. The Bertz CT molecular complexity index is 766. The molecule has 2 aromatic carbocycles. The molecule has 0 aliphatic carbocycles. The van der Waals surface area contributed by atoms with Crippen LogP contribution < -0.4 is 5.32 Å². The lowest BCUT2D eigenvalue weighted by molar-refractivity contribution is 0.0448. The van der Waals surface area contributed by atoms with Crippen LogP contribution >= 0.6 is 11.6 Å². The van der Waals surface area contributed by atoms with Gasteiger partial charge in [-0.05, 0) is 42.5 Å². The van der Waals surface area contributed by atoms with Gasteiger partial charge in [0.2, 0.25) is 0 Å². The van der Waals surface area contributed by atoms with Crippen molar-refractivity contribution in [2.24, 2.45) is 10.4 Å². The van der Waals surface area contributed by atoms with Gasteiger partial charge in [0, 0.05) is 29.3 Å². The lowest BCUT2D eigenvalue weighted by Crippen LogP contribution is -2.45. The molecule has 0 radical (unpaired) electrons. The fourth-order valence-electron chi connectivity index (χ4n) is 3.68. The molecule has 2 aromatic rings. The summed E-state index contributed by atoms with van der Waals surface area (Å²) in [6.45, 7) is 2.21. The number of benzene rings is 2. The molecule has 1 spiro atoms. The van der Waals surface area contributed by atoms with E-state index in [0.29, 0.717) is 6.54 Å². The van der Waals surface area contributed by atoms with Crippen LogP contribution in [0.5, 0.6) is 0 Å². The van der Waals surface area contributed by atoms with Crippen LogP contribution in [0.4, 0.5) is 5.69 Å². The minimum atomic E-state index is 0.0634. The van der Waals surface area contributed by atoms with Gasteiger partial charge in [0.15, 0.2) is 0 Å². The summed E-state index contributed by atoms with van der Waals surface area (Å²) in [6, 6.07) is 16.4. The number of ether oxygens (including phenoxy) is 1. The fraction of sp³-hybridized carbons (Fsp3) is 0.350. The summed E-state index contributed by atoms with van der Waals surface area (Å²) >= 11 is 6.29. The number of halogens is 1. The maximum absolute atomic E-state index is 6.29. The van der Waals surface area contributed by atoms with Gasteiger partial charge in [-0.1, -0.05) is 48.0 Å². The Labute approximate surface area is 147 Å². The third-order valence-corrected chi connectivity index (χ3v) is 5.49. The van der Waals surface area contributed by atoms with Crippen molar-refractivity contribution >= 4 is 23.1 Å². The molecular formula is C20H21ClN2O. The summed E-state index contributed by atoms with van der Waals surface area (Å²) < 4.78 is 5.61. The van der Waals surface area contributed by atoms with Crippen LogP contribution in [0.1, 0.15) is 24.0 Å². The monoisotopic (exact) mass is 340 g/mol. The minimum absolute atomic E-state index is 0.0634. The smallest absolute Gasteiger partial charge is 0.108 e. The molecule has 2 aliphatic rings. The van der Waals surface area contributed by atoms with Crippen molar-refractivity contribution in [2.45, 2.75) is 25.8 Å². The van der Waals surface area contributed by atoms with Crippen LogP contribution in [0.3, 0.4) is 0 Å². The van der Waals surface area contributed by atoms with E-state index in [9.17, 15) is 0 Å². The third-order valence-electron chi connectivity index (χ3n) is 5.12. The third kappa shape index (κ3) is 2.94. The molecule has 0 bridgehead atoms. The summed E-state index contributed by atoms with van der Waals surface area (Å²) in [5.41, 5.74) is 3.67. The highest BCUT2D eigenvalue weighted by Gasteiger charge is 2.41. The first-order valence-electron chi connectivity index (χ1n) is 8.48. The SMILES string of the molecule is Clc1ccccc1CN=C1Nc2ccccc2CC12CCOCC2. The Kier molecular flexibility index (Phi) is 4.30. The van der Waals surface area contributed by atoms with E-state index in [2.05, 4.69) is 29.6 Å². The van der Waals surface area contributed by atoms with E-state index < -0.39 is 0 Å². The number of nitrogens with one attached hydrogen (secondary N) is 1. The Morgan fingerprint density at radius 2 is 1.79 bits per heavy atom. The molecule has 124 valence electrons. The second-order valence-electron chi connectivity index (χ2n) is 6.61. The van der Waals surface area contributed by atoms with Gasteiger partial charge in [-0.3, -0.25) is 4.99 Å². The highest BCUT2D eigenvalue weighted by molar-refractivity contribution is 6.31. The zero-order chi connectivity index (χ0) is 16.4. The van der Waals surface area contributed by atoms with Gasteiger partial charge in [-0.25, -0.2) is 0 Å². The summed E-state index contributed by atoms with van der Waals surface area (Å²) in [5.74, 6) is 1.09. The number of anilines is 1. The normalized spacial score (nSPS) is 20.6. The molecule has 0 atom stereocenters. The van der Waals surface area contributed by atoms with Crippen LogP contribution in [0, 0.1) is 5.41 Å². The molecule has 0 unspecified atom stereocenters. The first-order chi connectivity index (χ1) is 11.8. The van der Waals surface area contributed by atoms with Crippen molar-refractivity contribution in [3.63, 3.8) is 0 Å². The zero-order valence-electron chi connectivity index (χ0n) is 13.6. The lowest BCUT2D eigenvalue weighted by atomic mass is 9.71. The van der Waals surface area contributed by atoms with Crippen molar-refractivity contribution in [1.82, 2.24) is 0 Å². The first kappa shape index (κ1) is 15.7. The van der Waals surface area contributed by atoms with Crippen molar-refractivity contribution in [3.05, 3.63) is 64.7 Å². The van der Waals surface area contributed by atoms with Crippen LogP contribution in [0.25, 0.3) is 0 Å². The number of aliphatic imine (C=N–C) groups is 1. The summed E-state index contributed by atoms with van der Waals surface area (Å²) in [5, 5.41) is 4.38. The topological polar surface area (TPSA) is 33.6 Å². The van der Waals surface area contributed by atoms with E-state index in [1.54, 1.807) is 0 Å². The molecule has 4 rings (SSSR count). The fourth-order valence-corrected chi connectivity index (χ4v) is 3.87. The van der Waals surface area contributed by atoms with E-state index in [1.807, 2.05) is 24.3 Å². The molecule has 24 heavy (non-hydrogen) atoms. The van der Waals surface area contributed by atoms with E-state index >= 15 is 0 Å². The molecule has 3 nitrogen and oxygen atoms in total. The number of amidine groups is 1. The van der Waals surface area contributed by atoms with Crippen LogP contribution in [-0.4, -0.2) is 19.0 Å². The summed E-state index contributed by atoms with van der Waals surface area (Å²) in [4.78, 5) is 4.96. The van der Waals surface area contributed by atoms with Gasteiger partial charge in [-0.2, -0.15) is 0 Å². The van der Waals surface area contributed by atoms with Gasteiger partial charge < -0.3 is 10.1 Å². The number of hydrogen-bond acceptors (Lipinski definition) is 2. The molecule has 0 aromatic heterocycles. The molecule has 0 saturated carbocycles. The van der Waals surface area contributed by atoms with Crippen LogP contribution in [0.2, 0.25) is 5.02 Å².